The van der Waals surface area contributed by atoms with Crippen LogP contribution in [-0.4, -0.2) is 51.8 Å². The SMILES string of the molecule is O=C(C[NH+]1CC[NH+](CCOc2ccccc2)CC1)Nc1cccc(Br)c1. The van der Waals surface area contributed by atoms with Crippen LogP contribution in [0.2, 0.25) is 0 Å². The highest BCUT2D eigenvalue weighted by Gasteiger charge is 2.24. The van der Waals surface area contributed by atoms with Crippen LogP contribution in [0.15, 0.2) is 59.1 Å². The zero-order valence-electron chi connectivity index (χ0n) is 14.8. The van der Waals surface area contributed by atoms with Crippen LogP contribution in [0.25, 0.3) is 0 Å². The summed E-state index contributed by atoms with van der Waals surface area (Å²) in [5, 5.41) is 2.98. The predicted molar refractivity (Wildman–Crippen MR) is 106 cm³/mol. The number of amides is 1. The summed E-state index contributed by atoms with van der Waals surface area (Å²) in [6.07, 6.45) is 0. The minimum Gasteiger partial charge on any atom is -0.488 e. The van der Waals surface area contributed by atoms with Crippen molar-refractivity contribution in [2.45, 2.75) is 0 Å². The minimum atomic E-state index is 0.0777. The molecule has 1 aliphatic heterocycles. The third-order valence-electron chi connectivity index (χ3n) is 4.65. The zero-order chi connectivity index (χ0) is 18.2. The van der Waals surface area contributed by atoms with Gasteiger partial charge in [0.05, 0.1) is 0 Å². The van der Waals surface area contributed by atoms with Crippen LogP contribution in [-0.2, 0) is 4.79 Å². The molecular formula is C20H26BrN3O2+2. The van der Waals surface area contributed by atoms with Crippen LogP contribution in [0.1, 0.15) is 0 Å². The summed E-state index contributed by atoms with van der Waals surface area (Å²) < 4.78 is 6.75. The van der Waals surface area contributed by atoms with Gasteiger partial charge in [0.2, 0.25) is 0 Å². The maximum atomic E-state index is 12.2. The Morgan fingerprint density at radius 3 is 2.46 bits per heavy atom. The van der Waals surface area contributed by atoms with E-state index >= 15 is 0 Å². The number of para-hydroxylation sites is 1. The molecule has 0 bridgehead atoms. The van der Waals surface area contributed by atoms with Crippen LogP contribution in [0.5, 0.6) is 5.75 Å². The number of nitrogens with one attached hydrogen (secondary N) is 3. The van der Waals surface area contributed by atoms with Gasteiger partial charge in [-0.15, -0.1) is 0 Å². The molecule has 3 N–H and O–H groups in total. The van der Waals surface area contributed by atoms with E-state index in [2.05, 4.69) is 21.2 Å². The molecule has 1 saturated heterocycles. The van der Waals surface area contributed by atoms with Crippen molar-refractivity contribution in [3.8, 4) is 5.75 Å². The first-order valence-corrected chi connectivity index (χ1v) is 9.89. The van der Waals surface area contributed by atoms with Gasteiger partial charge in [-0.2, -0.15) is 0 Å². The summed E-state index contributed by atoms with van der Waals surface area (Å²) in [7, 11) is 0. The summed E-state index contributed by atoms with van der Waals surface area (Å²) in [4.78, 5) is 15.1. The smallest absolute Gasteiger partial charge is 0.279 e. The number of ether oxygens (including phenoxy) is 1. The van der Waals surface area contributed by atoms with Gasteiger partial charge in [0.15, 0.2) is 6.54 Å². The molecule has 0 radical (unpaired) electrons. The highest BCUT2D eigenvalue weighted by molar-refractivity contribution is 9.10. The second kappa shape index (κ2) is 9.71. The topological polar surface area (TPSA) is 47.2 Å². The normalized spacial score (nSPS) is 19.7. The number of piperazine rings is 1. The Morgan fingerprint density at radius 1 is 1.00 bits per heavy atom. The average Bonchev–Trinajstić information content (AvgIpc) is 2.64. The lowest BCUT2D eigenvalue weighted by Crippen LogP contribution is -3.28. The molecule has 0 saturated carbocycles. The quantitative estimate of drug-likeness (QED) is 0.602. The highest BCUT2D eigenvalue weighted by atomic mass is 79.9. The fourth-order valence-electron chi connectivity index (χ4n) is 3.21. The molecule has 0 aliphatic carbocycles. The molecule has 1 fully saturated rings. The number of anilines is 1. The van der Waals surface area contributed by atoms with Crippen LogP contribution in [0.3, 0.4) is 0 Å². The van der Waals surface area contributed by atoms with Crippen molar-refractivity contribution in [1.29, 1.82) is 0 Å². The molecule has 1 heterocycles. The van der Waals surface area contributed by atoms with E-state index in [1.807, 2.05) is 54.6 Å². The lowest BCUT2D eigenvalue weighted by Gasteiger charge is -2.29. The van der Waals surface area contributed by atoms with E-state index in [0.717, 1.165) is 55.2 Å². The van der Waals surface area contributed by atoms with Gasteiger partial charge in [0, 0.05) is 10.2 Å². The molecule has 138 valence electrons. The van der Waals surface area contributed by atoms with Crippen molar-refractivity contribution in [2.24, 2.45) is 0 Å². The van der Waals surface area contributed by atoms with Crippen molar-refractivity contribution in [2.75, 3.05) is 51.2 Å². The number of carbonyl (C=O) groups excluding carboxylic acids is 1. The number of rotatable bonds is 7. The third-order valence-corrected chi connectivity index (χ3v) is 5.14. The van der Waals surface area contributed by atoms with Crippen LogP contribution in [0, 0.1) is 0 Å². The van der Waals surface area contributed by atoms with Gasteiger partial charge in [-0.1, -0.05) is 40.2 Å². The number of hydrogen-bond acceptors (Lipinski definition) is 2. The second-order valence-corrected chi connectivity index (χ2v) is 7.56. The number of quaternary nitrogens is 2. The van der Waals surface area contributed by atoms with E-state index in [-0.39, 0.29) is 5.91 Å². The molecule has 5 nitrogen and oxygen atoms in total. The molecule has 1 aliphatic rings. The summed E-state index contributed by atoms with van der Waals surface area (Å²) in [6.45, 7) is 6.47. The van der Waals surface area contributed by atoms with Crippen LogP contribution >= 0.6 is 15.9 Å². The van der Waals surface area contributed by atoms with E-state index in [1.165, 1.54) is 4.90 Å². The maximum Gasteiger partial charge on any atom is 0.279 e. The highest BCUT2D eigenvalue weighted by Crippen LogP contribution is 2.15. The lowest BCUT2D eigenvalue weighted by atomic mass is 10.3. The van der Waals surface area contributed by atoms with Crippen molar-refractivity contribution in [3.63, 3.8) is 0 Å². The molecule has 0 spiro atoms. The van der Waals surface area contributed by atoms with E-state index < -0.39 is 0 Å². The van der Waals surface area contributed by atoms with E-state index in [4.69, 9.17) is 4.74 Å². The van der Waals surface area contributed by atoms with Gasteiger partial charge in [-0.25, -0.2) is 0 Å². The standard InChI is InChI=1S/C20H24BrN3O2/c21-17-5-4-6-18(15-17)22-20(25)16-24-11-9-23(10-12-24)13-14-26-19-7-2-1-3-8-19/h1-8,15H,9-14,16H2,(H,22,25)/p+2. The fraction of sp³-hybridized carbons (Fsp3) is 0.350. The van der Waals surface area contributed by atoms with Crippen molar-refractivity contribution in [3.05, 3.63) is 59.1 Å². The molecule has 0 unspecified atom stereocenters. The molecule has 26 heavy (non-hydrogen) atoms. The van der Waals surface area contributed by atoms with Gasteiger partial charge in [-0.05, 0) is 30.3 Å². The Kier molecular flexibility index (Phi) is 7.05. The average molecular weight is 420 g/mol. The van der Waals surface area contributed by atoms with Gasteiger partial charge >= 0.3 is 0 Å². The van der Waals surface area contributed by atoms with Crippen LogP contribution in [0.4, 0.5) is 5.69 Å². The van der Waals surface area contributed by atoms with E-state index in [0.29, 0.717) is 6.54 Å². The summed E-state index contributed by atoms with van der Waals surface area (Å²) >= 11 is 3.42. The first kappa shape index (κ1) is 18.9. The Labute approximate surface area is 163 Å². The molecule has 0 atom stereocenters. The number of halogens is 1. The largest absolute Gasteiger partial charge is 0.488 e. The molecule has 1 amide bonds. The Morgan fingerprint density at radius 2 is 1.73 bits per heavy atom. The van der Waals surface area contributed by atoms with Gasteiger partial charge < -0.3 is 19.9 Å². The minimum absolute atomic E-state index is 0.0777. The predicted octanol–water partition coefficient (Wildman–Crippen LogP) is 0.250. The maximum absolute atomic E-state index is 12.2. The van der Waals surface area contributed by atoms with Crippen molar-refractivity contribution < 1.29 is 19.3 Å². The summed E-state index contributed by atoms with van der Waals surface area (Å²) in [5.41, 5.74) is 0.839. The van der Waals surface area contributed by atoms with Crippen LogP contribution < -0.4 is 19.9 Å². The molecular weight excluding hydrogens is 394 g/mol. The summed E-state index contributed by atoms with van der Waals surface area (Å²) in [6, 6.07) is 17.6. The second-order valence-electron chi connectivity index (χ2n) is 6.65. The number of hydrogen-bond donors (Lipinski definition) is 3. The molecule has 0 aromatic heterocycles. The van der Waals surface area contributed by atoms with Crippen molar-refractivity contribution in [1.82, 2.24) is 0 Å². The lowest BCUT2D eigenvalue weighted by molar-refractivity contribution is -1.01. The molecule has 6 heteroatoms. The van der Waals surface area contributed by atoms with E-state index in [9.17, 15) is 4.79 Å². The fourth-order valence-corrected chi connectivity index (χ4v) is 3.61. The van der Waals surface area contributed by atoms with Gasteiger partial charge in [-0.3, -0.25) is 4.79 Å². The molecule has 2 aromatic carbocycles. The first-order chi connectivity index (χ1) is 12.7. The van der Waals surface area contributed by atoms with Crippen molar-refractivity contribution >= 4 is 27.5 Å². The molecule has 3 rings (SSSR count). The first-order valence-electron chi connectivity index (χ1n) is 9.09. The zero-order valence-corrected chi connectivity index (χ0v) is 16.4. The van der Waals surface area contributed by atoms with Gasteiger partial charge in [0.1, 0.15) is 45.1 Å². The third kappa shape index (κ3) is 6.12. The monoisotopic (exact) mass is 419 g/mol. The number of benzene rings is 2. The number of carbonyl (C=O) groups is 1. The Hall–Kier alpha value is -1.89. The Bertz CT molecular complexity index is 703. The molecule has 2 aromatic rings. The van der Waals surface area contributed by atoms with Gasteiger partial charge in [0.25, 0.3) is 5.91 Å². The summed E-state index contributed by atoms with van der Waals surface area (Å²) in [5.74, 6) is 1.01. The Balaban J connectivity index is 1.33. The van der Waals surface area contributed by atoms with E-state index in [1.54, 1.807) is 4.90 Å².